The van der Waals surface area contributed by atoms with Crippen LogP contribution in [0.1, 0.15) is 16.8 Å². The smallest absolute Gasteiger partial charge is 0.317 e. The summed E-state index contributed by atoms with van der Waals surface area (Å²) in [5.74, 6) is 0. The molecule has 0 atom stereocenters. The Hall–Kier alpha value is -2.38. The highest BCUT2D eigenvalue weighted by molar-refractivity contribution is 5.74. The van der Waals surface area contributed by atoms with E-state index in [4.69, 9.17) is 9.63 Å². The topological polar surface area (TPSA) is 81.8 Å². The normalized spacial score (nSPS) is 15.5. The number of aromatic nitrogens is 1. The van der Waals surface area contributed by atoms with Crippen LogP contribution in [0, 0.1) is 0 Å². The zero-order valence-corrected chi connectivity index (χ0v) is 13.5. The van der Waals surface area contributed by atoms with Crippen LogP contribution < -0.4 is 5.32 Å². The predicted octanol–water partition coefficient (Wildman–Crippen LogP) is 1.19. The molecule has 0 aliphatic carbocycles. The van der Waals surface area contributed by atoms with Crippen LogP contribution in [-0.2, 0) is 19.7 Å². The first-order valence-corrected chi connectivity index (χ1v) is 8.07. The number of aliphatic hydroxyl groups excluding tert-OH is 1. The molecule has 0 unspecified atom stereocenters. The summed E-state index contributed by atoms with van der Waals surface area (Å²) >= 11 is 0. The first-order chi connectivity index (χ1) is 11.7. The molecule has 1 fully saturated rings. The van der Waals surface area contributed by atoms with Crippen LogP contribution in [0.3, 0.4) is 0 Å². The van der Waals surface area contributed by atoms with Gasteiger partial charge < -0.3 is 19.8 Å². The number of amides is 2. The number of hydrogen-bond donors (Lipinski definition) is 2. The Morgan fingerprint density at radius 2 is 2.00 bits per heavy atom. The molecule has 2 aromatic rings. The van der Waals surface area contributed by atoms with Gasteiger partial charge in [0, 0.05) is 45.3 Å². The van der Waals surface area contributed by atoms with Crippen LogP contribution in [0.2, 0.25) is 0 Å². The largest absolute Gasteiger partial charge is 0.392 e. The third-order valence-corrected chi connectivity index (χ3v) is 4.15. The van der Waals surface area contributed by atoms with E-state index < -0.39 is 0 Å². The van der Waals surface area contributed by atoms with Crippen LogP contribution in [0.15, 0.2) is 41.1 Å². The lowest BCUT2D eigenvalue weighted by Gasteiger charge is -2.34. The lowest BCUT2D eigenvalue weighted by Crippen LogP contribution is -2.51. The molecule has 1 aromatic heterocycles. The van der Waals surface area contributed by atoms with Gasteiger partial charge in [-0.2, -0.15) is 0 Å². The summed E-state index contributed by atoms with van der Waals surface area (Å²) in [5, 5.41) is 16.0. The summed E-state index contributed by atoms with van der Waals surface area (Å²) in [5.41, 5.74) is 2.75. The Morgan fingerprint density at radius 1 is 1.21 bits per heavy atom. The number of nitrogens with one attached hydrogen (secondary N) is 1. The molecule has 7 nitrogen and oxygen atoms in total. The average Bonchev–Trinajstić information content (AvgIpc) is 3.13. The third kappa shape index (κ3) is 4.33. The standard InChI is InChI=1S/C17H22N4O3/c22-13-15-3-1-2-14(10-15)11-18-17(23)21-7-5-20(6-8-21)12-16-4-9-24-19-16/h1-4,9-10,22H,5-8,11-13H2,(H,18,23). The summed E-state index contributed by atoms with van der Waals surface area (Å²) in [6, 6.07) is 9.39. The van der Waals surface area contributed by atoms with Gasteiger partial charge in [0.2, 0.25) is 0 Å². The number of carbonyl (C=O) groups excluding carboxylic acids is 1. The Labute approximate surface area is 140 Å². The molecule has 128 valence electrons. The number of nitrogens with zero attached hydrogens (tertiary/aromatic N) is 3. The second-order valence-corrected chi connectivity index (χ2v) is 5.89. The number of hydrogen-bond acceptors (Lipinski definition) is 5. The molecular weight excluding hydrogens is 308 g/mol. The van der Waals surface area contributed by atoms with Crippen molar-refractivity contribution in [3.05, 3.63) is 53.4 Å². The van der Waals surface area contributed by atoms with E-state index in [9.17, 15) is 4.79 Å². The van der Waals surface area contributed by atoms with E-state index >= 15 is 0 Å². The van der Waals surface area contributed by atoms with Gasteiger partial charge in [0.25, 0.3) is 0 Å². The summed E-state index contributed by atoms with van der Waals surface area (Å²) in [4.78, 5) is 16.4. The summed E-state index contributed by atoms with van der Waals surface area (Å²) in [7, 11) is 0. The fourth-order valence-corrected chi connectivity index (χ4v) is 2.78. The molecule has 7 heteroatoms. The number of urea groups is 1. The molecule has 0 bridgehead atoms. The van der Waals surface area contributed by atoms with Crippen molar-refractivity contribution in [3.63, 3.8) is 0 Å². The van der Waals surface area contributed by atoms with Gasteiger partial charge >= 0.3 is 6.03 Å². The minimum Gasteiger partial charge on any atom is -0.392 e. The van der Waals surface area contributed by atoms with E-state index in [1.54, 1.807) is 6.26 Å². The van der Waals surface area contributed by atoms with Crippen molar-refractivity contribution in [2.45, 2.75) is 19.7 Å². The van der Waals surface area contributed by atoms with Crippen LogP contribution in [0.25, 0.3) is 0 Å². The molecule has 3 rings (SSSR count). The van der Waals surface area contributed by atoms with Gasteiger partial charge in [-0.05, 0) is 11.1 Å². The van der Waals surface area contributed by atoms with E-state index in [0.29, 0.717) is 19.6 Å². The lowest BCUT2D eigenvalue weighted by molar-refractivity contribution is 0.133. The van der Waals surface area contributed by atoms with E-state index in [-0.39, 0.29) is 12.6 Å². The van der Waals surface area contributed by atoms with Crippen molar-refractivity contribution in [2.24, 2.45) is 0 Å². The molecule has 1 aliphatic rings. The van der Waals surface area contributed by atoms with Crippen LogP contribution >= 0.6 is 0 Å². The highest BCUT2D eigenvalue weighted by Crippen LogP contribution is 2.08. The van der Waals surface area contributed by atoms with E-state index in [2.05, 4.69) is 15.4 Å². The van der Waals surface area contributed by atoms with Crippen molar-refractivity contribution in [1.29, 1.82) is 0 Å². The van der Waals surface area contributed by atoms with Crippen LogP contribution in [-0.4, -0.2) is 52.3 Å². The van der Waals surface area contributed by atoms with Crippen molar-refractivity contribution >= 4 is 6.03 Å². The third-order valence-electron chi connectivity index (χ3n) is 4.15. The molecule has 1 aliphatic heterocycles. The first-order valence-electron chi connectivity index (χ1n) is 8.07. The zero-order chi connectivity index (χ0) is 16.8. The van der Waals surface area contributed by atoms with Crippen molar-refractivity contribution in [2.75, 3.05) is 26.2 Å². The minimum absolute atomic E-state index is 0.00919. The number of carbonyl (C=O) groups is 1. The van der Waals surface area contributed by atoms with E-state index in [1.165, 1.54) is 0 Å². The van der Waals surface area contributed by atoms with Gasteiger partial charge in [0.05, 0.1) is 12.3 Å². The number of rotatable bonds is 5. The summed E-state index contributed by atoms with van der Waals surface area (Å²) < 4.78 is 4.84. The molecule has 2 heterocycles. The predicted molar refractivity (Wildman–Crippen MR) is 88.0 cm³/mol. The molecule has 2 amide bonds. The number of benzene rings is 1. The number of aliphatic hydroxyl groups is 1. The van der Waals surface area contributed by atoms with Crippen molar-refractivity contribution < 1.29 is 14.4 Å². The lowest BCUT2D eigenvalue weighted by atomic mass is 10.1. The zero-order valence-electron chi connectivity index (χ0n) is 13.5. The maximum atomic E-state index is 12.3. The van der Waals surface area contributed by atoms with Crippen molar-refractivity contribution in [1.82, 2.24) is 20.3 Å². The quantitative estimate of drug-likeness (QED) is 0.861. The highest BCUT2D eigenvalue weighted by atomic mass is 16.5. The molecule has 24 heavy (non-hydrogen) atoms. The monoisotopic (exact) mass is 330 g/mol. The van der Waals surface area contributed by atoms with Gasteiger partial charge in [-0.15, -0.1) is 0 Å². The fourth-order valence-electron chi connectivity index (χ4n) is 2.78. The van der Waals surface area contributed by atoms with Gasteiger partial charge in [0.1, 0.15) is 6.26 Å². The molecule has 0 spiro atoms. The second kappa shape index (κ2) is 7.94. The summed E-state index contributed by atoms with van der Waals surface area (Å²) in [6.07, 6.45) is 1.57. The van der Waals surface area contributed by atoms with E-state index in [0.717, 1.165) is 36.5 Å². The van der Waals surface area contributed by atoms with Gasteiger partial charge in [-0.3, -0.25) is 4.90 Å². The minimum atomic E-state index is -0.0505. The van der Waals surface area contributed by atoms with Crippen LogP contribution in [0.5, 0.6) is 0 Å². The fraction of sp³-hybridized carbons (Fsp3) is 0.412. The molecule has 1 aromatic carbocycles. The molecule has 0 radical (unpaired) electrons. The van der Waals surface area contributed by atoms with Gasteiger partial charge in [0.15, 0.2) is 0 Å². The average molecular weight is 330 g/mol. The Bertz CT molecular complexity index is 652. The van der Waals surface area contributed by atoms with Crippen LogP contribution in [0.4, 0.5) is 4.79 Å². The van der Waals surface area contributed by atoms with Crippen molar-refractivity contribution in [3.8, 4) is 0 Å². The number of piperazine rings is 1. The molecular formula is C17H22N4O3. The van der Waals surface area contributed by atoms with E-state index in [1.807, 2.05) is 35.2 Å². The molecule has 1 saturated heterocycles. The Kier molecular flexibility index (Phi) is 5.45. The Balaban J connectivity index is 1.43. The SMILES string of the molecule is O=C(NCc1cccc(CO)c1)N1CCN(Cc2ccon2)CC1. The summed E-state index contributed by atoms with van der Waals surface area (Å²) in [6.45, 7) is 4.25. The Morgan fingerprint density at radius 3 is 2.71 bits per heavy atom. The molecule has 2 N–H and O–H groups in total. The van der Waals surface area contributed by atoms with Gasteiger partial charge in [-0.1, -0.05) is 29.4 Å². The second-order valence-electron chi connectivity index (χ2n) is 5.89. The maximum Gasteiger partial charge on any atom is 0.317 e. The first kappa shape index (κ1) is 16.5. The highest BCUT2D eigenvalue weighted by Gasteiger charge is 2.21. The maximum absolute atomic E-state index is 12.3. The molecule has 0 saturated carbocycles. The van der Waals surface area contributed by atoms with Gasteiger partial charge in [-0.25, -0.2) is 4.79 Å².